The second kappa shape index (κ2) is 21.0. The molecule has 3 rings (SSSR count). The molecular formula is C30H42O6P2S. The third kappa shape index (κ3) is 15.5. The standard InChI is InChI=1S/C18H15O2PS.C12H27O4P/c1-4-10-16(11-5-1)19-21(20-17-12-6-2-7-13-17)22-18-14-8-3-9-15-18;1-4-7-10-14-17(13,15-11-8-5-2)16-12-9-6-3/h1-15H;4-12H2,1-3H3. The predicted molar refractivity (Wildman–Crippen MR) is 164 cm³/mol. The zero-order valence-corrected chi connectivity index (χ0v) is 25.9. The average Bonchev–Trinajstić information content (AvgIpc) is 2.96. The maximum absolute atomic E-state index is 12.2. The second-order valence-corrected chi connectivity index (χ2v) is 13.0. The normalized spacial score (nSPS) is 11.1. The number of hydrogen-bond acceptors (Lipinski definition) is 7. The smallest absolute Gasteiger partial charge is 0.431 e. The van der Waals surface area contributed by atoms with Crippen molar-refractivity contribution in [3.05, 3.63) is 91.0 Å². The zero-order valence-electron chi connectivity index (χ0n) is 23.3. The molecular weight excluding hydrogens is 550 g/mol. The van der Waals surface area contributed by atoms with Crippen LogP contribution in [0.15, 0.2) is 95.9 Å². The van der Waals surface area contributed by atoms with Gasteiger partial charge >= 0.3 is 15.4 Å². The molecule has 0 heterocycles. The first-order valence-corrected chi connectivity index (χ1v) is 17.7. The lowest BCUT2D eigenvalue weighted by Gasteiger charge is -2.17. The largest absolute Gasteiger partial charge is 0.474 e. The van der Waals surface area contributed by atoms with Crippen LogP contribution in [0.5, 0.6) is 11.5 Å². The van der Waals surface area contributed by atoms with E-state index >= 15 is 0 Å². The van der Waals surface area contributed by atoms with Crippen LogP contribution in [-0.4, -0.2) is 19.8 Å². The van der Waals surface area contributed by atoms with Gasteiger partial charge in [-0.25, -0.2) is 4.57 Å². The Morgan fingerprint density at radius 2 is 0.949 bits per heavy atom. The van der Waals surface area contributed by atoms with Gasteiger partial charge in [0.1, 0.15) is 11.5 Å². The highest BCUT2D eigenvalue weighted by atomic mass is 32.7. The molecule has 0 fully saturated rings. The van der Waals surface area contributed by atoms with E-state index in [9.17, 15) is 4.57 Å². The first-order chi connectivity index (χ1) is 19.1. The number of unbranched alkanes of at least 4 members (excludes halogenated alkanes) is 3. The number of phosphoric ester groups is 1. The Hall–Kier alpha value is -1.85. The van der Waals surface area contributed by atoms with Crippen LogP contribution >= 0.6 is 26.8 Å². The number of hydrogen-bond donors (Lipinski definition) is 0. The fraction of sp³-hybridized carbons (Fsp3) is 0.400. The molecule has 0 aromatic heterocycles. The minimum Gasteiger partial charge on any atom is -0.431 e. The van der Waals surface area contributed by atoms with Gasteiger partial charge in [0, 0.05) is 4.90 Å². The van der Waals surface area contributed by atoms with Gasteiger partial charge in [-0.2, -0.15) is 0 Å². The topological polar surface area (TPSA) is 63.2 Å². The Balaban J connectivity index is 0.000000285. The number of benzene rings is 3. The molecule has 214 valence electrons. The molecule has 39 heavy (non-hydrogen) atoms. The van der Waals surface area contributed by atoms with Gasteiger partial charge in [0.05, 0.1) is 19.8 Å². The van der Waals surface area contributed by atoms with Gasteiger partial charge in [-0.1, -0.05) is 94.6 Å². The summed E-state index contributed by atoms with van der Waals surface area (Å²) < 4.78 is 40.0. The van der Waals surface area contributed by atoms with E-state index in [1.54, 1.807) is 11.4 Å². The molecule has 0 aliphatic heterocycles. The van der Waals surface area contributed by atoms with Gasteiger partial charge in [0.25, 0.3) is 0 Å². The minimum absolute atomic E-state index is 0.437. The molecule has 0 saturated heterocycles. The summed E-state index contributed by atoms with van der Waals surface area (Å²) in [5.74, 6) is 1.63. The fourth-order valence-electron chi connectivity index (χ4n) is 2.83. The van der Waals surface area contributed by atoms with Crippen LogP contribution in [-0.2, 0) is 18.1 Å². The third-order valence-electron chi connectivity index (χ3n) is 5.01. The lowest BCUT2D eigenvalue weighted by Crippen LogP contribution is -2.03. The lowest BCUT2D eigenvalue weighted by molar-refractivity contribution is 0.110. The Kier molecular flexibility index (Phi) is 17.9. The van der Waals surface area contributed by atoms with Crippen molar-refractivity contribution in [2.75, 3.05) is 19.8 Å². The summed E-state index contributed by atoms with van der Waals surface area (Å²) in [6.45, 7) is 7.49. The minimum atomic E-state index is -3.31. The molecule has 0 N–H and O–H groups in total. The van der Waals surface area contributed by atoms with Crippen molar-refractivity contribution in [2.45, 2.75) is 64.2 Å². The van der Waals surface area contributed by atoms with Gasteiger partial charge in [-0.05, 0) is 67.0 Å². The van der Waals surface area contributed by atoms with E-state index in [0.29, 0.717) is 19.8 Å². The maximum Gasteiger partial charge on any atom is 0.474 e. The molecule has 6 nitrogen and oxygen atoms in total. The molecule has 9 heteroatoms. The molecule has 0 bridgehead atoms. The molecule has 0 unspecified atom stereocenters. The van der Waals surface area contributed by atoms with E-state index in [0.717, 1.165) is 54.9 Å². The van der Waals surface area contributed by atoms with Crippen LogP contribution in [0, 0.1) is 0 Å². The van der Waals surface area contributed by atoms with Gasteiger partial charge in [0.2, 0.25) is 0 Å². The van der Waals surface area contributed by atoms with Crippen molar-refractivity contribution in [1.29, 1.82) is 0 Å². The van der Waals surface area contributed by atoms with Crippen molar-refractivity contribution < 1.29 is 27.2 Å². The monoisotopic (exact) mass is 592 g/mol. The van der Waals surface area contributed by atoms with Crippen molar-refractivity contribution in [2.24, 2.45) is 0 Å². The molecule has 0 aliphatic carbocycles. The van der Waals surface area contributed by atoms with E-state index in [4.69, 9.17) is 22.6 Å². The first-order valence-electron chi connectivity index (χ1n) is 13.6. The number of para-hydroxylation sites is 2. The lowest BCUT2D eigenvalue weighted by atomic mass is 10.3. The molecule has 0 saturated carbocycles. The summed E-state index contributed by atoms with van der Waals surface area (Å²) in [5, 5.41) is 0. The van der Waals surface area contributed by atoms with Gasteiger partial charge in [0.15, 0.2) is 0 Å². The molecule has 3 aromatic carbocycles. The zero-order chi connectivity index (χ0) is 28.0. The van der Waals surface area contributed by atoms with E-state index in [1.165, 1.54) is 0 Å². The Morgan fingerprint density at radius 3 is 1.31 bits per heavy atom. The fourth-order valence-corrected chi connectivity index (χ4v) is 6.89. The van der Waals surface area contributed by atoms with E-state index in [-0.39, 0.29) is 0 Å². The summed E-state index contributed by atoms with van der Waals surface area (Å²) >= 11 is 1.60. The summed E-state index contributed by atoms with van der Waals surface area (Å²) in [5.41, 5.74) is 0. The van der Waals surface area contributed by atoms with Crippen LogP contribution in [0.3, 0.4) is 0 Å². The van der Waals surface area contributed by atoms with Crippen LogP contribution in [0.25, 0.3) is 0 Å². The highest BCUT2D eigenvalue weighted by Crippen LogP contribution is 2.55. The van der Waals surface area contributed by atoms with Crippen molar-refractivity contribution in [1.82, 2.24) is 0 Å². The number of rotatable bonds is 18. The van der Waals surface area contributed by atoms with Crippen LogP contribution in [0.4, 0.5) is 0 Å². The van der Waals surface area contributed by atoms with E-state index < -0.39 is 15.4 Å². The average molecular weight is 593 g/mol. The molecule has 0 aliphatic rings. The summed E-state index contributed by atoms with van der Waals surface area (Å²) in [4.78, 5) is 1.13. The summed E-state index contributed by atoms with van der Waals surface area (Å²) in [6, 6.07) is 29.7. The van der Waals surface area contributed by atoms with E-state index in [2.05, 4.69) is 32.9 Å². The molecule has 0 amide bonds. The van der Waals surface area contributed by atoms with Crippen LogP contribution in [0.2, 0.25) is 0 Å². The SMILES string of the molecule is CCCCOP(=O)(OCCCC)OCCCC.c1ccc(OP(Oc2ccccc2)Sc2ccccc2)cc1. The highest BCUT2D eigenvalue weighted by molar-refractivity contribution is 8.53. The summed E-state index contributed by atoms with van der Waals surface area (Å²) in [6.07, 6.45) is 5.63. The molecule has 3 aromatic rings. The van der Waals surface area contributed by atoms with Crippen molar-refractivity contribution >= 4 is 26.8 Å². The van der Waals surface area contributed by atoms with Crippen molar-refractivity contribution in [3.63, 3.8) is 0 Å². The van der Waals surface area contributed by atoms with Gasteiger partial charge in [-0.3, -0.25) is 13.6 Å². The van der Waals surface area contributed by atoms with Gasteiger partial charge in [-0.15, -0.1) is 0 Å². The number of phosphoric acid groups is 1. The van der Waals surface area contributed by atoms with Crippen molar-refractivity contribution in [3.8, 4) is 11.5 Å². The predicted octanol–water partition coefficient (Wildman–Crippen LogP) is 10.7. The van der Waals surface area contributed by atoms with Crippen LogP contribution in [0.1, 0.15) is 59.3 Å². The van der Waals surface area contributed by atoms with Crippen LogP contribution < -0.4 is 9.05 Å². The maximum atomic E-state index is 12.2. The molecule has 0 radical (unpaired) electrons. The Labute approximate surface area is 240 Å². The third-order valence-corrected chi connectivity index (χ3v) is 9.39. The van der Waals surface area contributed by atoms with Gasteiger partial charge < -0.3 is 9.05 Å². The Morgan fingerprint density at radius 1 is 0.590 bits per heavy atom. The highest BCUT2D eigenvalue weighted by Gasteiger charge is 2.25. The molecule has 0 spiro atoms. The molecule has 0 atom stereocenters. The second-order valence-electron chi connectivity index (χ2n) is 8.44. The Bertz CT molecular complexity index is 895. The summed E-state index contributed by atoms with van der Waals surface area (Å²) in [7, 11) is -4.48. The first kappa shape index (κ1) is 33.4. The quantitative estimate of drug-likeness (QED) is 0.108. The van der Waals surface area contributed by atoms with E-state index in [1.807, 2.05) is 78.9 Å².